The summed E-state index contributed by atoms with van der Waals surface area (Å²) in [4.78, 5) is 44.6. The van der Waals surface area contributed by atoms with E-state index < -0.39 is 47.9 Å². The summed E-state index contributed by atoms with van der Waals surface area (Å²) >= 11 is 0. The Labute approximate surface area is 198 Å². The van der Waals surface area contributed by atoms with Gasteiger partial charge < -0.3 is 20.3 Å². The monoisotopic (exact) mass is 497 g/mol. The summed E-state index contributed by atoms with van der Waals surface area (Å²) in [7, 11) is 0. The van der Waals surface area contributed by atoms with Crippen LogP contribution in [0.1, 0.15) is 19.4 Å². The van der Waals surface area contributed by atoms with Crippen molar-refractivity contribution in [3.63, 3.8) is 0 Å². The van der Waals surface area contributed by atoms with Gasteiger partial charge in [0.05, 0.1) is 17.9 Å². The Morgan fingerprint density at radius 3 is 2.46 bits per heavy atom. The number of rotatable bonds is 9. The summed E-state index contributed by atoms with van der Waals surface area (Å²) in [6.07, 6.45) is -1.98. The number of carbonyl (C=O) groups excluding carboxylic acids is 3. The zero-order valence-corrected chi connectivity index (χ0v) is 18.9. The van der Waals surface area contributed by atoms with E-state index in [0.29, 0.717) is 0 Å². The van der Waals surface area contributed by atoms with E-state index in [2.05, 4.69) is 20.4 Å². The predicted molar refractivity (Wildman–Crippen MR) is 117 cm³/mol. The van der Waals surface area contributed by atoms with Crippen LogP contribution in [0.2, 0.25) is 0 Å². The third-order valence-electron chi connectivity index (χ3n) is 5.19. The number of hydrogen-bond acceptors (Lipinski definition) is 6. The molecule has 2 aromatic rings. The van der Waals surface area contributed by atoms with Gasteiger partial charge in [0.15, 0.2) is 5.75 Å². The first-order valence-corrected chi connectivity index (χ1v) is 10.5. The number of anilines is 2. The van der Waals surface area contributed by atoms with Crippen LogP contribution >= 0.6 is 0 Å². The van der Waals surface area contributed by atoms with Crippen molar-refractivity contribution in [2.24, 2.45) is 0 Å². The van der Waals surface area contributed by atoms with Crippen molar-refractivity contribution in [3.05, 3.63) is 48.3 Å². The first-order valence-electron chi connectivity index (χ1n) is 10.5. The molecule has 0 radical (unpaired) electrons. The summed E-state index contributed by atoms with van der Waals surface area (Å²) < 4.78 is 54.8. The van der Waals surface area contributed by atoms with Crippen molar-refractivity contribution in [1.29, 1.82) is 0 Å². The lowest BCUT2D eigenvalue weighted by Crippen LogP contribution is -2.43. The molecule has 2 N–H and O–H groups in total. The molecule has 1 saturated heterocycles. The molecule has 1 fully saturated rings. The minimum atomic E-state index is -5.06. The molecule has 9 nitrogen and oxygen atoms in total. The second kappa shape index (κ2) is 10.3. The zero-order chi connectivity index (χ0) is 25.8. The fourth-order valence-corrected chi connectivity index (χ4v) is 3.43. The first kappa shape index (κ1) is 25.9. The van der Waals surface area contributed by atoms with Crippen molar-refractivity contribution in [1.82, 2.24) is 15.2 Å². The molecule has 35 heavy (non-hydrogen) atoms. The fourth-order valence-electron chi connectivity index (χ4n) is 3.43. The highest BCUT2D eigenvalue weighted by Gasteiger charge is 2.51. The van der Waals surface area contributed by atoms with Gasteiger partial charge in [0, 0.05) is 25.5 Å². The van der Waals surface area contributed by atoms with Crippen molar-refractivity contribution in [3.8, 4) is 5.75 Å². The van der Waals surface area contributed by atoms with E-state index in [4.69, 9.17) is 0 Å². The summed E-state index contributed by atoms with van der Waals surface area (Å²) in [5, 5.41) is 4.71. The summed E-state index contributed by atoms with van der Waals surface area (Å²) in [5.41, 5.74) is -1.02. The number of aromatic nitrogens is 1. The summed E-state index contributed by atoms with van der Waals surface area (Å²) in [5.74, 6) is -2.13. The maximum atomic E-state index is 13.2. The molecule has 1 aliphatic heterocycles. The number of alkyl halides is 4. The van der Waals surface area contributed by atoms with Gasteiger partial charge in [-0.25, -0.2) is 14.1 Å². The Balaban J connectivity index is 1.93. The Morgan fingerprint density at radius 1 is 1.14 bits per heavy atom. The van der Waals surface area contributed by atoms with Gasteiger partial charge in [0.2, 0.25) is 5.91 Å². The number of pyridine rings is 1. The van der Waals surface area contributed by atoms with Crippen LogP contribution in [0.25, 0.3) is 0 Å². The number of carbonyl (C=O) groups is 3. The number of hydrogen-bond donors (Lipinski definition) is 2. The summed E-state index contributed by atoms with van der Waals surface area (Å²) in [6.45, 7) is 1.95. The summed E-state index contributed by atoms with van der Waals surface area (Å²) in [6, 6.07) is 5.72. The van der Waals surface area contributed by atoms with Crippen LogP contribution in [0.5, 0.6) is 5.75 Å². The number of amides is 4. The average Bonchev–Trinajstić information content (AvgIpc) is 2.94. The number of halogens is 4. The van der Waals surface area contributed by atoms with E-state index in [1.165, 1.54) is 4.90 Å². The molecule has 0 saturated carbocycles. The number of ether oxygens (including phenoxy) is 1. The van der Waals surface area contributed by atoms with E-state index in [1.807, 2.05) is 0 Å². The topological polar surface area (TPSA) is 104 Å². The molecule has 0 atom stereocenters. The molecule has 0 bridgehead atoms. The number of benzene rings is 1. The molecule has 3 rings (SSSR count). The van der Waals surface area contributed by atoms with Gasteiger partial charge in [-0.1, -0.05) is 0 Å². The van der Waals surface area contributed by atoms with Gasteiger partial charge in [-0.05, 0) is 49.7 Å². The average molecular weight is 497 g/mol. The molecule has 0 spiro atoms. The molecule has 2 heterocycles. The van der Waals surface area contributed by atoms with Crippen LogP contribution in [0.3, 0.4) is 0 Å². The SMILES string of the molecule is CC1(C)C(=O)N(c2ccc(OC(F)(F)F)c(NC(=O)CNCCF)c2)C(=O)N1Cc1ccncc1. The van der Waals surface area contributed by atoms with Crippen molar-refractivity contribution in [2.75, 3.05) is 30.0 Å². The Morgan fingerprint density at radius 2 is 1.83 bits per heavy atom. The number of nitrogens with zero attached hydrogens (tertiary/aromatic N) is 3. The fraction of sp³-hybridized carbons (Fsp3) is 0.364. The molecular weight excluding hydrogens is 474 g/mol. The lowest BCUT2D eigenvalue weighted by Gasteiger charge is -2.27. The highest BCUT2D eigenvalue weighted by Crippen LogP contribution is 2.38. The van der Waals surface area contributed by atoms with Crippen molar-refractivity contribution < 1.29 is 36.7 Å². The van der Waals surface area contributed by atoms with Gasteiger partial charge in [-0.3, -0.25) is 14.6 Å². The predicted octanol–water partition coefficient (Wildman–Crippen LogP) is 3.23. The van der Waals surface area contributed by atoms with Crippen LogP contribution in [0.4, 0.5) is 33.7 Å². The Hall–Kier alpha value is -3.74. The third-order valence-corrected chi connectivity index (χ3v) is 5.19. The minimum Gasteiger partial charge on any atom is -0.404 e. The Kier molecular flexibility index (Phi) is 7.58. The van der Waals surface area contributed by atoms with Gasteiger partial charge in [0.25, 0.3) is 5.91 Å². The lowest BCUT2D eigenvalue weighted by atomic mass is 10.0. The van der Waals surface area contributed by atoms with Crippen LogP contribution in [0, 0.1) is 0 Å². The minimum absolute atomic E-state index is 0.0631. The van der Waals surface area contributed by atoms with Crippen LogP contribution in [-0.2, 0) is 16.1 Å². The van der Waals surface area contributed by atoms with Gasteiger partial charge >= 0.3 is 12.4 Å². The first-order chi connectivity index (χ1) is 16.4. The number of urea groups is 1. The molecule has 1 aromatic heterocycles. The number of imide groups is 1. The second-order valence-electron chi connectivity index (χ2n) is 8.07. The normalized spacial score (nSPS) is 15.5. The Bertz CT molecular complexity index is 1090. The third kappa shape index (κ3) is 6.04. The maximum Gasteiger partial charge on any atom is 0.573 e. The molecule has 188 valence electrons. The standard InChI is InChI=1S/C22H23F4N5O4/c1-21(2)19(33)31(20(34)30(21)13-14-5-8-27-9-6-14)15-3-4-17(35-22(24,25)26)16(11-15)29-18(32)12-28-10-7-23/h3-6,8-9,11,28H,7,10,12-13H2,1-2H3,(H,29,32). The van der Waals surface area contributed by atoms with Gasteiger partial charge in [0.1, 0.15) is 12.2 Å². The smallest absolute Gasteiger partial charge is 0.404 e. The zero-order valence-electron chi connectivity index (χ0n) is 18.9. The lowest BCUT2D eigenvalue weighted by molar-refractivity contribution is -0.274. The molecule has 13 heteroatoms. The van der Waals surface area contributed by atoms with Crippen LogP contribution in [0.15, 0.2) is 42.7 Å². The highest BCUT2D eigenvalue weighted by atomic mass is 19.4. The van der Waals surface area contributed by atoms with E-state index in [9.17, 15) is 31.9 Å². The number of nitrogens with one attached hydrogen (secondary N) is 2. The molecule has 0 unspecified atom stereocenters. The van der Waals surface area contributed by atoms with E-state index in [0.717, 1.165) is 28.7 Å². The molecule has 1 aromatic carbocycles. The maximum absolute atomic E-state index is 13.2. The van der Waals surface area contributed by atoms with E-state index >= 15 is 0 Å². The van der Waals surface area contributed by atoms with Crippen LogP contribution in [-0.4, -0.2) is 59.4 Å². The van der Waals surface area contributed by atoms with E-state index in [-0.39, 0.29) is 25.3 Å². The van der Waals surface area contributed by atoms with Gasteiger partial charge in [-0.2, -0.15) is 0 Å². The second-order valence-corrected chi connectivity index (χ2v) is 8.07. The largest absolute Gasteiger partial charge is 0.573 e. The van der Waals surface area contributed by atoms with Crippen LogP contribution < -0.4 is 20.3 Å². The van der Waals surface area contributed by atoms with Crippen molar-refractivity contribution in [2.45, 2.75) is 32.3 Å². The molecular formula is C22H23F4N5O4. The quantitative estimate of drug-likeness (QED) is 0.313. The van der Waals surface area contributed by atoms with Gasteiger partial charge in [-0.15, -0.1) is 13.2 Å². The molecule has 0 aliphatic carbocycles. The van der Waals surface area contributed by atoms with Crippen molar-refractivity contribution >= 4 is 29.2 Å². The molecule has 1 aliphatic rings. The molecule has 4 amide bonds. The highest BCUT2D eigenvalue weighted by molar-refractivity contribution is 6.23. The van der Waals surface area contributed by atoms with E-state index in [1.54, 1.807) is 38.4 Å².